The number of nitrogens with zero attached hydrogens (tertiary/aromatic N) is 10. The van der Waals surface area contributed by atoms with Crippen LogP contribution in [0.1, 0.15) is 44.9 Å². The Morgan fingerprint density at radius 3 is 1.85 bits per heavy atom. The molecule has 2 heterocycles. The van der Waals surface area contributed by atoms with Gasteiger partial charge in [0.25, 0.3) is 0 Å². The summed E-state index contributed by atoms with van der Waals surface area (Å²) in [5, 5.41) is 68.8. The van der Waals surface area contributed by atoms with Crippen molar-refractivity contribution in [2.45, 2.75) is 77.4 Å². The molecule has 28 heteroatoms. The molecule has 0 aliphatic carbocycles. The zero-order valence-electron chi connectivity index (χ0n) is 41.5. The first kappa shape index (κ1) is 60.5. The van der Waals surface area contributed by atoms with Gasteiger partial charge >= 0.3 is 7.12 Å². The van der Waals surface area contributed by atoms with Crippen LogP contribution < -0.4 is 22.7 Å². The highest BCUT2D eigenvalue weighted by atomic mass is 16.6. The normalized spacial score (nSPS) is 17.2. The quantitative estimate of drug-likeness (QED) is 0.0116. The second-order valence-corrected chi connectivity index (χ2v) is 17.8. The lowest BCUT2D eigenvalue weighted by molar-refractivity contribution is -0.283. The maximum atomic E-state index is 14.5. The zero-order chi connectivity index (χ0) is 54.5. The van der Waals surface area contributed by atoms with Crippen molar-refractivity contribution in [3.05, 3.63) is 67.0 Å². The number of ether oxygens (including phenoxy) is 1. The number of amides is 7. The van der Waals surface area contributed by atoms with Gasteiger partial charge in [0.15, 0.2) is 12.2 Å². The van der Waals surface area contributed by atoms with Gasteiger partial charge in [-0.15, -0.1) is 18.3 Å². The number of aliphatic hydroxyl groups excluding tert-OH is 4. The summed E-state index contributed by atoms with van der Waals surface area (Å²) in [7, 11) is -1.63. The molecule has 1 saturated heterocycles. The van der Waals surface area contributed by atoms with E-state index >= 15 is 0 Å². The van der Waals surface area contributed by atoms with Crippen LogP contribution in [0.3, 0.4) is 0 Å². The Labute approximate surface area is 423 Å². The summed E-state index contributed by atoms with van der Waals surface area (Å²) in [6.07, 6.45) is -4.43. The Morgan fingerprint density at radius 1 is 0.753 bits per heavy atom. The van der Waals surface area contributed by atoms with Crippen molar-refractivity contribution in [2.24, 2.45) is 28.1 Å². The van der Waals surface area contributed by atoms with E-state index in [9.17, 15) is 64.0 Å². The summed E-state index contributed by atoms with van der Waals surface area (Å²) in [6.45, 7) is 7.51. The van der Waals surface area contributed by atoms with Crippen LogP contribution in [0.4, 0.5) is 0 Å². The first-order chi connectivity index (χ1) is 34.4. The predicted octanol–water partition coefficient (Wildman–Crippen LogP) is -6.14. The topological polar surface area (TPSA) is 391 Å². The highest BCUT2D eigenvalue weighted by Gasteiger charge is 2.44. The van der Waals surface area contributed by atoms with E-state index < -0.39 is 125 Å². The molecule has 1 aromatic heterocycles. The van der Waals surface area contributed by atoms with Crippen molar-refractivity contribution >= 4 is 59.9 Å². The summed E-state index contributed by atoms with van der Waals surface area (Å²) < 4.78 is 6.84. The first-order valence-corrected chi connectivity index (χ1v) is 23.4. The molecule has 1 aromatic carbocycles. The number of unbranched alkanes of at least 4 members (excludes halogenated alkanes) is 1. The highest BCUT2D eigenvalue weighted by Crippen LogP contribution is 2.21. The number of primary amides is 1. The van der Waals surface area contributed by atoms with E-state index in [1.54, 1.807) is 44.3 Å². The molecular weight excluding hydrogens is 957 g/mol. The van der Waals surface area contributed by atoms with E-state index in [0.717, 1.165) is 25.2 Å². The van der Waals surface area contributed by atoms with Gasteiger partial charge in [-0.25, -0.2) is 4.68 Å². The van der Waals surface area contributed by atoms with Crippen LogP contribution in [0, 0.1) is 5.92 Å². The number of nitrogens with two attached hydrogens (primary N) is 3. The summed E-state index contributed by atoms with van der Waals surface area (Å²) in [4.78, 5) is 105. The van der Waals surface area contributed by atoms with Crippen LogP contribution in [-0.2, 0) is 51.4 Å². The van der Waals surface area contributed by atoms with Crippen LogP contribution in [0.25, 0.3) is 0 Å². The second-order valence-electron chi connectivity index (χ2n) is 17.8. The molecule has 1 aliphatic rings. The number of aliphatic hydroxyl groups is 4. The molecule has 1 fully saturated rings. The molecule has 0 spiro atoms. The average molecular weight is 1030 g/mol. The molecule has 0 bridgehead atoms. The molecule has 0 radical (unpaired) electrons. The van der Waals surface area contributed by atoms with E-state index in [4.69, 9.17) is 21.9 Å². The minimum Gasteiger partial charge on any atom is -0.423 e. The van der Waals surface area contributed by atoms with Crippen molar-refractivity contribution in [1.82, 2.24) is 44.4 Å². The Balaban J connectivity index is 1.91. The fourth-order valence-corrected chi connectivity index (χ4v) is 7.43. The van der Waals surface area contributed by atoms with Crippen LogP contribution in [0.2, 0.25) is 0 Å². The van der Waals surface area contributed by atoms with Gasteiger partial charge in [0.1, 0.15) is 43.2 Å². The summed E-state index contributed by atoms with van der Waals surface area (Å²) in [5.41, 5.74) is 17.7. The number of benzene rings is 1. The van der Waals surface area contributed by atoms with Crippen LogP contribution in [0.5, 0.6) is 0 Å². The van der Waals surface area contributed by atoms with E-state index in [1.165, 1.54) is 33.6 Å². The number of hydrogen-bond acceptors (Lipinski definition) is 17. The Hall–Kier alpha value is -6.82. The standard InChI is InChI=1S/C45H70BN13O14/c1-6-15-53(23-35(47)61)36(62)24-54(16-7-2)38(64)27-58(22-34-41(67)42(68)43(69)44(70)73-34)40(66)28-57(18-29(3)4)39(65)25-55(17-9-8-14-50-45(48)49)37(63)26-56(30(5)60)20-33-21-59(52-51-33)19-31-10-12-32(13-11-31)46(71)72/h6-7,10-13,21,29,34,41-44,67-72H,1-2,8-9,14-20,22-28H2,3-5H3,(H2,47,61)(H4,48,49,50)/t34-,41+,42+,43-,44+/m0/s1. The van der Waals surface area contributed by atoms with Gasteiger partial charge < -0.3 is 81.8 Å². The van der Waals surface area contributed by atoms with Crippen molar-refractivity contribution in [3.8, 4) is 0 Å². The molecule has 1 aliphatic heterocycles. The Kier molecular flexibility index (Phi) is 24.6. The SMILES string of the molecule is C=CCN(CC(N)=O)C(=O)CN(CC=C)C(=O)CN(C[C@@H]1O[C@@H](O)[C@@H](O)[C@H](O)[C@@H]1O)C(=O)CN(CC(C)C)C(=O)CN(CCCCN=C(N)N)C(=O)CN(Cc1cn(Cc2ccc(B(O)O)cc2)nn1)C(C)=O. The number of carbonyl (C=O) groups is 7. The molecule has 0 unspecified atom stereocenters. The summed E-state index contributed by atoms with van der Waals surface area (Å²) in [6, 6.07) is 6.46. The second kappa shape index (κ2) is 29.6. The van der Waals surface area contributed by atoms with Crippen LogP contribution in [-0.4, -0.2) is 239 Å². The van der Waals surface area contributed by atoms with E-state index in [-0.39, 0.29) is 57.7 Å². The third kappa shape index (κ3) is 20.0. The third-order valence-electron chi connectivity index (χ3n) is 11.3. The molecule has 73 heavy (non-hydrogen) atoms. The average Bonchev–Trinajstić information content (AvgIpc) is 3.76. The molecule has 12 N–H and O–H groups in total. The molecule has 27 nitrogen and oxygen atoms in total. The van der Waals surface area contributed by atoms with Gasteiger partial charge in [-0.1, -0.05) is 55.5 Å². The number of carbonyl (C=O) groups excluding carboxylic acids is 7. The van der Waals surface area contributed by atoms with E-state index in [1.807, 2.05) is 0 Å². The molecular formula is C45H70BN13O14. The number of guanidine groups is 1. The number of aromatic nitrogens is 3. The summed E-state index contributed by atoms with van der Waals surface area (Å²) in [5.74, 6) is -5.57. The molecule has 402 valence electrons. The largest absolute Gasteiger partial charge is 0.488 e. The molecule has 3 rings (SSSR count). The number of rotatable bonds is 30. The molecule has 2 aromatic rings. The van der Waals surface area contributed by atoms with Gasteiger partial charge in [0.2, 0.25) is 41.4 Å². The van der Waals surface area contributed by atoms with Gasteiger partial charge in [0.05, 0.1) is 52.0 Å². The van der Waals surface area contributed by atoms with Gasteiger partial charge in [-0.2, -0.15) is 0 Å². The van der Waals surface area contributed by atoms with E-state index in [2.05, 4.69) is 28.5 Å². The maximum absolute atomic E-state index is 14.5. The smallest absolute Gasteiger partial charge is 0.423 e. The number of hydrogen-bond donors (Lipinski definition) is 9. The molecule has 5 atom stereocenters. The summed E-state index contributed by atoms with van der Waals surface area (Å²) >= 11 is 0. The van der Waals surface area contributed by atoms with Crippen LogP contribution >= 0.6 is 0 Å². The zero-order valence-corrected chi connectivity index (χ0v) is 41.5. The Bertz CT molecular complexity index is 2230. The van der Waals surface area contributed by atoms with Crippen molar-refractivity contribution < 1.29 is 68.8 Å². The Morgan fingerprint density at radius 2 is 1.29 bits per heavy atom. The maximum Gasteiger partial charge on any atom is 0.488 e. The van der Waals surface area contributed by atoms with Crippen molar-refractivity contribution in [2.75, 3.05) is 78.5 Å². The van der Waals surface area contributed by atoms with Gasteiger partial charge in [-0.3, -0.25) is 38.6 Å². The molecule has 0 saturated carbocycles. The lowest BCUT2D eigenvalue weighted by atomic mass is 9.80. The van der Waals surface area contributed by atoms with E-state index in [0.29, 0.717) is 24.0 Å². The van der Waals surface area contributed by atoms with Crippen molar-refractivity contribution in [1.29, 1.82) is 0 Å². The fourth-order valence-electron chi connectivity index (χ4n) is 7.43. The molecule has 7 amide bonds. The predicted molar refractivity (Wildman–Crippen MR) is 263 cm³/mol. The lowest BCUT2D eigenvalue weighted by Gasteiger charge is -2.40. The third-order valence-corrected chi connectivity index (χ3v) is 11.3. The van der Waals surface area contributed by atoms with Gasteiger partial charge in [-0.05, 0) is 29.8 Å². The monoisotopic (exact) mass is 1030 g/mol. The first-order valence-electron chi connectivity index (χ1n) is 23.4. The fraction of sp³-hybridized carbons (Fsp3) is 0.556. The highest BCUT2D eigenvalue weighted by molar-refractivity contribution is 6.58. The lowest BCUT2D eigenvalue weighted by Crippen LogP contribution is -2.61. The van der Waals surface area contributed by atoms with Crippen molar-refractivity contribution in [3.63, 3.8) is 0 Å². The van der Waals surface area contributed by atoms with Crippen LogP contribution in [0.15, 0.2) is 60.8 Å². The number of aliphatic imine (C=N–C) groups is 1. The minimum absolute atomic E-state index is 0.0162. The van der Waals surface area contributed by atoms with Gasteiger partial charge in [0, 0.05) is 39.6 Å². The minimum atomic E-state index is -2.01.